The van der Waals surface area contributed by atoms with Crippen LogP contribution in [0, 0.1) is 22.9 Å². The molecular weight excluding hydrogens is 505 g/mol. The molecular formula is C26H22ClF3N6O. The number of imidazole rings is 1. The van der Waals surface area contributed by atoms with Crippen molar-refractivity contribution in [3.05, 3.63) is 76.6 Å². The summed E-state index contributed by atoms with van der Waals surface area (Å²) < 4.78 is 50.9. The van der Waals surface area contributed by atoms with Crippen molar-refractivity contribution < 1.29 is 17.9 Å². The first-order valence-electron chi connectivity index (χ1n) is 11.4. The van der Waals surface area contributed by atoms with Gasteiger partial charge in [0, 0.05) is 34.8 Å². The monoisotopic (exact) mass is 526 g/mol. The summed E-state index contributed by atoms with van der Waals surface area (Å²) in [5.41, 5.74) is 1.90. The molecule has 3 aromatic carbocycles. The molecule has 0 saturated carbocycles. The molecule has 0 amide bonds. The number of nitrogens with zero attached hydrogens (tertiary/aromatic N) is 5. The smallest absolute Gasteiger partial charge is 0.179 e. The van der Waals surface area contributed by atoms with E-state index in [4.69, 9.17) is 16.3 Å². The summed E-state index contributed by atoms with van der Waals surface area (Å²) in [6, 6.07) is 11.8. The maximum absolute atomic E-state index is 14.8. The van der Waals surface area contributed by atoms with Gasteiger partial charge in [-0.3, -0.25) is 0 Å². The average molecular weight is 527 g/mol. The van der Waals surface area contributed by atoms with Crippen LogP contribution in [-0.2, 0) is 13.2 Å². The highest BCUT2D eigenvalue weighted by molar-refractivity contribution is 6.30. The number of halogens is 4. The normalized spacial score (nSPS) is 11.9. The van der Waals surface area contributed by atoms with Crippen LogP contribution in [0.25, 0.3) is 33.8 Å². The van der Waals surface area contributed by atoms with Gasteiger partial charge in [-0.2, -0.15) is 0 Å². The zero-order valence-electron chi connectivity index (χ0n) is 20.2. The number of aromatic amines is 1. The van der Waals surface area contributed by atoms with Crippen molar-refractivity contribution in [3.63, 3.8) is 0 Å². The van der Waals surface area contributed by atoms with E-state index in [1.165, 1.54) is 6.07 Å². The third-order valence-corrected chi connectivity index (χ3v) is 5.90. The molecule has 0 aliphatic rings. The molecule has 0 aliphatic carbocycles. The van der Waals surface area contributed by atoms with Crippen molar-refractivity contribution >= 4 is 22.6 Å². The average Bonchev–Trinajstić information content (AvgIpc) is 3.47. The number of benzene rings is 3. The highest BCUT2D eigenvalue weighted by atomic mass is 35.5. The number of hydrogen-bond acceptors (Lipinski definition) is 5. The minimum atomic E-state index is -0.980. The first kappa shape index (κ1) is 24.8. The molecule has 0 atom stereocenters. The van der Waals surface area contributed by atoms with E-state index in [-0.39, 0.29) is 12.0 Å². The van der Waals surface area contributed by atoms with Crippen LogP contribution in [0.3, 0.4) is 0 Å². The molecule has 0 saturated heterocycles. The molecule has 11 heteroatoms. The molecule has 5 rings (SSSR count). The van der Waals surface area contributed by atoms with E-state index < -0.39 is 17.5 Å². The molecule has 0 bridgehead atoms. The van der Waals surface area contributed by atoms with Gasteiger partial charge in [0.05, 0.1) is 16.6 Å². The lowest BCUT2D eigenvalue weighted by molar-refractivity contribution is 0.300. The Hall–Kier alpha value is -3.92. The molecule has 1 N–H and O–H groups in total. The highest BCUT2D eigenvalue weighted by Crippen LogP contribution is 2.37. The number of hydrogen-bond donors (Lipinski definition) is 1. The first-order chi connectivity index (χ1) is 17.6. The number of rotatable bonds is 6. The third-order valence-electron chi connectivity index (χ3n) is 5.66. The van der Waals surface area contributed by atoms with E-state index in [2.05, 4.69) is 25.6 Å². The van der Waals surface area contributed by atoms with Crippen molar-refractivity contribution in [3.8, 4) is 28.5 Å². The van der Waals surface area contributed by atoms with Gasteiger partial charge in [0.1, 0.15) is 24.0 Å². The lowest BCUT2D eigenvalue weighted by atomic mass is 9.96. The maximum Gasteiger partial charge on any atom is 0.179 e. The van der Waals surface area contributed by atoms with Crippen LogP contribution in [0.15, 0.2) is 48.5 Å². The van der Waals surface area contributed by atoms with Crippen LogP contribution in [0.5, 0.6) is 5.75 Å². The van der Waals surface area contributed by atoms with Crippen molar-refractivity contribution in [2.24, 2.45) is 5.41 Å². The van der Waals surface area contributed by atoms with E-state index in [0.717, 1.165) is 12.1 Å². The SMILES string of the molecule is CC(C)(C)Cn1c(-c2ccc(Cl)cc2OCc2ccc(-c3nnn[nH]3)cc2F)nc2cc(F)c(F)cc21. The molecule has 190 valence electrons. The summed E-state index contributed by atoms with van der Waals surface area (Å²) >= 11 is 6.26. The Morgan fingerprint density at radius 1 is 0.973 bits per heavy atom. The number of H-pyrrole nitrogens is 1. The van der Waals surface area contributed by atoms with Crippen LogP contribution in [0.4, 0.5) is 13.2 Å². The Kier molecular flexibility index (Phi) is 6.36. The Labute approximate surface area is 215 Å². The second kappa shape index (κ2) is 9.51. The zero-order valence-corrected chi connectivity index (χ0v) is 20.9. The van der Waals surface area contributed by atoms with Gasteiger partial charge in [-0.15, -0.1) is 5.10 Å². The fourth-order valence-electron chi connectivity index (χ4n) is 4.01. The largest absolute Gasteiger partial charge is 0.488 e. The Balaban J connectivity index is 1.54. The van der Waals surface area contributed by atoms with Gasteiger partial charge in [0.2, 0.25) is 0 Å². The number of ether oxygens (including phenoxy) is 1. The molecule has 0 fully saturated rings. The minimum absolute atomic E-state index is 0.100. The van der Waals surface area contributed by atoms with E-state index >= 15 is 0 Å². The fourth-order valence-corrected chi connectivity index (χ4v) is 4.17. The lowest BCUT2D eigenvalue weighted by Crippen LogP contribution is -2.16. The third kappa shape index (κ3) is 5.15. The summed E-state index contributed by atoms with van der Waals surface area (Å²) in [5.74, 6) is -1.29. The highest BCUT2D eigenvalue weighted by Gasteiger charge is 2.23. The van der Waals surface area contributed by atoms with Gasteiger partial charge in [0.15, 0.2) is 17.5 Å². The first-order valence-corrected chi connectivity index (χ1v) is 11.8. The van der Waals surface area contributed by atoms with Gasteiger partial charge in [-0.25, -0.2) is 23.3 Å². The van der Waals surface area contributed by atoms with Crippen molar-refractivity contribution in [2.45, 2.75) is 33.9 Å². The summed E-state index contributed by atoms with van der Waals surface area (Å²) in [6.07, 6.45) is 0. The lowest BCUT2D eigenvalue weighted by Gasteiger charge is -2.22. The Morgan fingerprint density at radius 3 is 2.46 bits per heavy atom. The molecule has 37 heavy (non-hydrogen) atoms. The van der Waals surface area contributed by atoms with Gasteiger partial charge in [-0.05, 0) is 40.1 Å². The standard InChI is InChI=1S/C26H22ClF3N6O/c1-26(2,3)13-36-22-11-20(30)19(29)10-21(22)31-25(36)17-7-6-16(27)9-23(17)37-12-15-5-4-14(8-18(15)28)24-32-34-35-33-24/h4-11H,12-13H2,1-3H3,(H,32,33,34,35). The Morgan fingerprint density at radius 2 is 1.76 bits per heavy atom. The van der Waals surface area contributed by atoms with Gasteiger partial charge in [-0.1, -0.05) is 44.5 Å². The molecule has 7 nitrogen and oxygen atoms in total. The molecule has 5 aromatic rings. The topological polar surface area (TPSA) is 81.5 Å². The molecule has 2 aromatic heterocycles. The second-order valence-corrected chi connectivity index (χ2v) is 10.3. The molecule has 0 unspecified atom stereocenters. The van der Waals surface area contributed by atoms with Crippen LogP contribution in [0.2, 0.25) is 5.02 Å². The Bertz CT molecular complexity index is 1590. The molecule has 0 spiro atoms. The van der Waals surface area contributed by atoms with Crippen LogP contribution in [0.1, 0.15) is 26.3 Å². The van der Waals surface area contributed by atoms with Crippen molar-refractivity contribution in [1.82, 2.24) is 30.2 Å². The second-order valence-electron chi connectivity index (χ2n) is 9.82. The maximum atomic E-state index is 14.8. The van der Waals surface area contributed by atoms with Crippen LogP contribution in [-0.4, -0.2) is 30.2 Å². The molecule has 0 radical (unpaired) electrons. The summed E-state index contributed by atoms with van der Waals surface area (Å²) in [6.45, 7) is 6.46. The van der Waals surface area contributed by atoms with Crippen molar-refractivity contribution in [1.29, 1.82) is 0 Å². The number of aromatic nitrogens is 6. The predicted octanol–water partition coefficient (Wildman–Crippen LogP) is 6.58. The summed E-state index contributed by atoms with van der Waals surface area (Å²) in [7, 11) is 0. The fraction of sp³-hybridized carbons (Fsp3) is 0.231. The predicted molar refractivity (Wildman–Crippen MR) is 133 cm³/mol. The molecule has 0 aliphatic heterocycles. The van der Waals surface area contributed by atoms with E-state index in [9.17, 15) is 13.2 Å². The van der Waals surface area contributed by atoms with E-state index in [0.29, 0.717) is 56.7 Å². The van der Waals surface area contributed by atoms with Gasteiger partial charge in [0.25, 0.3) is 0 Å². The quantitative estimate of drug-likeness (QED) is 0.270. The van der Waals surface area contributed by atoms with E-state index in [1.54, 1.807) is 30.3 Å². The van der Waals surface area contributed by atoms with Gasteiger partial charge >= 0.3 is 0 Å². The van der Waals surface area contributed by atoms with Crippen LogP contribution < -0.4 is 4.74 Å². The zero-order chi connectivity index (χ0) is 26.3. The molecule has 2 heterocycles. The summed E-state index contributed by atoms with van der Waals surface area (Å²) in [5, 5.41) is 13.8. The van der Waals surface area contributed by atoms with Gasteiger partial charge < -0.3 is 9.30 Å². The minimum Gasteiger partial charge on any atom is -0.488 e. The van der Waals surface area contributed by atoms with Crippen molar-refractivity contribution in [2.75, 3.05) is 0 Å². The number of nitrogens with one attached hydrogen (secondary N) is 1. The van der Waals surface area contributed by atoms with E-state index in [1.807, 2.05) is 25.3 Å². The number of fused-ring (bicyclic) bond motifs is 1. The van der Waals surface area contributed by atoms with Crippen LogP contribution >= 0.6 is 11.6 Å². The number of tetrazole rings is 1. The summed E-state index contributed by atoms with van der Waals surface area (Å²) in [4.78, 5) is 4.61.